The lowest BCUT2D eigenvalue weighted by molar-refractivity contribution is -0.138. The predicted octanol–water partition coefficient (Wildman–Crippen LogP) is 4.43. The van der Waals surface area contributed by atoms with Crippen LogP contribution in [0.2, 0.25) is 0 Å². The maximum atomic E-state index is 10.8. The van der Waals surface area contributed by atoms with E-state index in [9.17, 15) is 9.90 Å². The molecule has 23 heavy (non-hydrogen) atoms. The molecule has 0 saturated heterocycles. The van der Waals surface area contributed by atoms with Gasteiger partial charge in [0.25, 0.3) is 0 Å². The van der Waals surface area contributed by atoms with Crippen molar-refractivity contribution in [3.8, 4) is 17.2 Å². The van der Waals surface area contributed by atoms with Crippen molar-refractivity contribution in [1.82, 2.24) is 0 Å². The van der Waals surface area contributed by atoms with Crippen LogP contribution in [0.1, 0.15) is 5.56 Å². The third-order valence-corrected chi connectivity index (χ3v) is 4.82. The van der Waals surface area contributed by atoms with Gasteiger partial charge in [-0.05, 0) is 84.0 Å². The fourth-order valence-corrected chi connectivity index (χ4v) is 3.48. The topological polar surface area (TPSA) is 92.8 Å². The molecule has 0 unspecified atom stereocenters. The lowest BCUT2D eigenvalue weighted by Gasteiger charge is -2.12. The fourth-order valence-electron chi connectivity index (χ4n) is 1.82. The molecule has 4 N–H and O–H groups in total. The maximum Gasteiger partial charge on any atom is 0.320 e. The van der Waals surface area contributed by atoms with Crippen LogP contribution in [0.25, 0.3) is 0 Å². The zero-order valence-corrected chi connectivity index (χ0v) is 16.4. The number of hydrogen-bond donors (Lipinski definition) is 3. The van der Waals surface area contributed by atoms with Gasteiger partial charge in [0, 0.05) is 0 Å². The molecule has 0 aromatic heterocycles. The minimum atomic E-state index is -1.04. The molecule has 0 aliphatic carbocycles. The highest BCUT2D eigenvalue weighted by Gasteiger charge is 2.14. The summed E-state index contributed by atoms with van der Waals surface area (Å²) in [4.78, 5) is 10.8. The first-order chi connectivity index (χ1) is 10.8. The Bertz CT molecular complexity index is 728. The number of halogens is 3. The standard InChI is InChI=1S/C15H12Br3NO4/c16-9-3-7(4-12(19)15(21)22)1-2-13(9)23-8-5-10(17)14(20)11(18)6-8/h1-3,5-6,12,20H,4,19H2,(H,21,22)/t12-/m0/s1. The molecule has 0 radical (unpaired) electrons. The SMILES string of the molecule is N[C@@H](Cc1ccc(Oc2cc(Br)c(O)c(Br)c2)c(Br)c1)C(=O)O. The number of carboxylic acid groups (broad SMARTS) is 1. The van der Waals surface area contributed by atoms with Gasteiger partial charge in [0.05, 0.1) is 13.4 Å². The number of aromatic hydroxyl groups is 1. The van der Waals surface area contributed by atoms with E-state index in [0.717, 1.165) is 5.56 Å². The molecule has 0 saturated carbocycles. The summed E-state index contributed by atoms with van der Waals surface area (Å²) >= 11 is 9.88. The van der Waals surface area contributed by atoms with E-state index < -0.39 is 12.0 Å². The lowest BCUT2D eigenvalue weighted by Crippen LogP contribution is -2.32. The Morgan fingerprint density at radius 2 is 1.74 bits per heavy atom. The van der Waals surface area contributed by atoms with Crippen molar-refractivity contribution < 1.29 is 19.7 Å². The molecule has 0 spiro atoms. The second-order valence-electron chi connectivity index (χ2n) is 4.75. The summed E-state index contributed by atoms with van der Waals surface area (Å²) in [6, 6.07) is 7.58. The molecule has 0 fully saturated rings. The number of carbonyl (C=O) groups is 1. The molecule has 0 heterocycles. The second kappa shape index (κ2) is 7.65. The summed E-state index contributed by atoms with van der Waals surface area (Å²) < 4.78 is 7.45. The van der Waals surface area contributed by atoms with Gasteiger partial charge < -0.3 is 20.7 Å². The van der Waals surface area contributed by atoms with E-state index in [2.05, 4.69) is 47.8 Å². The van der Waals surface area contributed by atoms with E-state index >= 15 is 0 Å². The Labute approximate surface area is 157 Å². The summed E-state index contributed by atoms with van der Waals surface area (Å²) in [6.45, 7) is 0. The van der Waals surface area contributed by atoms with E-state index in [1.165, 1.54) is 0 Å². The molecule has 0 amide bonds. The molecule has 5 nitrogen and oxygen atoms in total. The molecule has 0 aliphatic heterocycles. The minimum Gasteiger partial charge on any atom is -0.506 e. The van der Waals surface area contributed by atoms with Crippen molar-refractivity contribution >= 4 is 53.8 Å². The van der Waals surface area contributed by atoms with Crippen LogP contribution in [0.3, 0.4) is 0 Å². The second-order valence-corrected chi connectivity index (χ2v) is 7.31. The number of hydrogen-bond acceptors (Lipinski definition) is 4. The molecule has 8 heteroatoms. The number of benzene rings is 2. The van der Waals surface area contributed by atoms with Gasteiger partial charge in [-0.2, -0.15) is 0 Å². The monoisotopic (exact) mass is 507 g/mol. The molecule has 0 aliphatic rings. The van der Waals surface area contributed by atoms with Gasteiger partial charge in [-0.25, -0.2) is 0 Å². The number of phenols is 1. The molecular weight excluding hydrogens is 498 g/mol. The molecule has 2 aromatic rings. The van der Waals surface area contributed by atoms with E-state index in [-0.39, 0.29) is 12.2 Å². The number of carboxylic acids is 1. The lowest BCUT2D eigenvalue weighted by atomic mass is 10.1. The van der Waals surface area contributed by atoms with E-state index in [1.807, 2.05) is 0 Å². The van der Waals surface area contributed by atoms with E-state index in [4.69, 9.17) is 15.6 Å². The van der Waals surface area contributed by atoms with Gasteiger partial charge in [-0.1, -0.05) is 6.07 Å². The quantitative estimate of drug-likeness (QED) is 0.554. The van der Waals surface area contributed by atoms with Gasteiger partial charge >= 0.3 is 5.97 Å². The van der Waals surface area contributed by atoms with Gasteiger partial charge in [0.1, 0.15) is 23.3 Å². The first-order valence-corrected chi connectivity index (χ1v) is 8.78. The van der Waals surface area contributed by atoms with Crippen LogP contribution in [-0.2, 0) is 11.2 Å². The van der Waals surface area contributed by atoms with Crippen molar-refractivity contribution in [2.24, 2.45) is 5.73 Å². The van der Waals surface area contributed by atoms with Crippen LogP contribution in [-0.4, -0.2) is 22.2 Å². The van der Waals surface area contributed by atoms with Crippen molar-refractivity contribution in [1.29, 1.82) is 0 Å². The van der Waals surface area contributed by atoms with Crippen LogP contribution < -0.4 is 10.5 Å². The average molecular weight is 510 g/mol. The Morgan fingerprint density at radius 1 is 1.13 bits per heavy atom. The normalized spacial score (nSPS) is 12.0. The van der Waals surface area contributed by atoms with Crippen molar-refractivity contribution in [2.75, 3.05) is 0 Å². The summed E-state index contributed by atoms with van der Waals surface area (Å²) in [5.74, 6) is 0.133. The summed E-state index contributed by atoms with van der Waals surface area (Å²) in [5, 5.41) is 18.5. The van der Waals surface area contributed by atoms with E-state index in [0.29, 0.717) is 24.9 Å². The number of aliphatic carboxylic acids is 1. The van der Waals surface area contributed by atoms with Crippen LogP contribution in [0.5, 0.6) is 17.2 Å². The molecule has 2 rings (SSSR count). The molecule has 0 bridgehead atoms. The molecule has 1 atom stereocenters. The highest BCUT2D eigenvalue weighted by Crippen LogP contribution is 2.39. The van der Waals surface area contributed by atoms with Crippen LogP contribution in [0, 0.1) is 0 Å². The third kappa shape index (κ3) is 4.69. The highest BCUT2D eigenvalue weighted by molar-refractivity contribution is 9.11. The number of phenolic OH excluding ortho intramolecular Hbond substituents is 1. The van der Waals surface area contributed by atoms with Crippen molar-refractivity contribution in [2.45, 2.75) is 12.5 Å². The van der Waals surface area contributed by atoms with Crippen molar-refractivity contribution in [3.63, 3.8) is 0 Å². The minimum absolute atomic E-state index is 0.0921. The Kier molecular flexibility index (Phi) is 6.07. The number of ether oxygens (including phenoxy) is 1. The fraction of sp³-hybridized carbons (Fsp3) is 0.133. The number of rotatable bonds is 5. The predicted molar refractivity (Wildman–Crippen MR) is 97.0 cm³/mol. The molecule has 2 aromatic carbocycles. The van der Waals surface area contributed by atoms with Gasteiger partial charge in [0.2, 0.25) is 0 Å². The van der Waals surface area contributed by atoms with Crippen molar-refractivity contribution in [3.05, 3.63) is 49.3 Å². The zero-order chi connectivity index (χ0) is 17.1. The zero-order valence-electron chi connectivity index (χ0n) is 11.6. The van der Waals surface area contributed by atoms with Gasteiger partial charge in [0.15, 0.2) is 0 Å². The van der Waals surface area contributed by atoms with Crippen LogP contribution in [0.4, 0.5) is 0 Å². The third-order valence-electron chi connectivity index (χ3n) is 2.99. The van der Waals surface area contributed by atoms with Gasteiger partial charge in [-0.3, -0.25) is 4.79 Å². The Hall–Kier alpha value is -1.09. The molecule has 122 valence electrons. The largest absolute Gasteiger partial charge is 0.506 e. The van der Waals surface area contributed by atoms with Gasteiger partial charge in [-0.15, -0.1) is 0 Å². The summed E-state index contributed by atoms with van der Waals surface area (Å²) in [5.41, 5.74) is 6.31. The Morgan fingerprint density at radius 3 is 2.26 bits per heavy atom. The van der Waals surface area contributed by atoms with Crippen LogP contribution in [0.15, 0.2) is 43.7 Å². The average Bonchev–Trinajstić information content (AvgIpc) is 2.47. The van der Waals surface area contributed by atoms with E-state index in [1.54, 1.807) is 30.3 Å². The summed E-state index contributed by atoms with van der Waals surface area (Å²) in [7, 11) is 0. The Balaban J connectivity index is 2.20. The highest BCUT2D eigenvalue weighted by atomic mass is 79.9. The summed E-state index contributed by atoms with van der Waals surface area (Å²) in [6.07, 6.45) is 0.227. The maximum absolute atomic E-state index is 10.8. The molecular formula is C15H12Br3NO4. The smallest absolute Gasteiger partial charge is 0.320 e. The first-order valence-electron chi connectivity index (χ1n) is 6.40. The van der Waals surface area contributed by atoms with Crippen LogP contribution >= 0.6 is 47.8 Å². The number of nitrogens with two attached hydrogens (primary N) is 1. The first kappa shape index (κ1) is 18.3.